The van der Waals surface area contributed by atoms with E-state index in [0.717, 1.165) is 11.8 Å². The molecule has 0 unspecified atom stereocenters. The number of thioether (sulfide) groups is 1. The molecule has 0 bridgehead atoms. The molecule has 0 saturated carbocycles. The van der Waals surface area contributed by atoms with Gasteiger partial charge >= 0.3 is 0 Å². The molecule has 3 N–H and O–H groups in total. The van der Waals surface area contributed by atoms with Gasteiger partial charge in [0.1, 0.15) is 11.6 Å². The van der Waals surface area contributed by atoms with Crippen LogP contribution in [0.2, 0.25) is 0 Å². The van der Waals surface area contributed by atoms with Crippen LogP contribution in [0.5, 0.6) is 0 Å². The lowest BCUT2D eigenvalue weighted by molar-refractivity contribution is -0.113. The third kappa shape index (κ3) is 3.96. The lowest BCUT2D eigenvalue weighted by atomic mass is 10.3. The molecule has 0 aromatic heterocycles. The number of anilines is 2. The van der Waals surface area contributed by atoms with Crippen LogP contribution in [0.3, 0.4) is 0 Å². The Morgan fingerprint density at radius 3 is 2.65 bits per heavy atom. The fraction of sp³-hybridized carbons (Fsp3) is 0.0714. The topological polar surface area (TPSA) is 55.1 Å². The maximum Gasteiger partial charge on any atom is 0.234 e. The molecule has 3 nitrogen and oxygen atoms in total. The second kappa shape index (κ2) is 6.38. The Labute approximate surface area is 119 Å². The van der Waals surface area contributed by atoms with Crippen LogP contribution in [-0.4, -0.2) is 11.7 Å². The van der Waals surface area contributed by atoms with Gasteiger partial charge in [0.15, 0.2) is 0 Å². The van der Waals surface area contributed by atoms with Crippen molar-refractivity contribution in [3.8, 4) is 0 Å². The number of amides is 1. The smallest absolute Gasteiger partial charge is 0.234 e. The lowest BCUT2D eigenvalue weighted by Gasteiger charge is -2.07. The molecular formula is C14H12F2N2OS. The first kappa shape index (κ1) is 14.3. The summed E-state index contributed by atoms with van der Waals surface area (Å²) in [6.07, 6.45) is 0. The second-order valence-corrected chi connectivity index (χ2v) is 5.05. The highest BCUT2D eigenvalue weighted by Crippen LogP contribution is 2.25. The molecule has 0 atom stereocenters. The maximum atomic E-state index is 13.1. The summed E-state index contributed by atoms with van der Waals surface area (Å²) in [7, 11) is 0. The van der Waals surface area contributed by atoms with Crippen molar-refractivity contribution in [1.82, 2.24) is 0 Å². The first-order valence-electron chi connectivity index (χ1n) is 5.78. The van der Waals surface area contributed by atoms with Crippen LogP contribution >= 0.6 is 11.8 Å². The van der Waals surface area contributed by atoms with Gasteiger partial charge in [-0.1, -0.05) is 6.07 Å². The number of halogens is 2. The van der Waals surface area contributed by atoms with Crippen molar-refractivity contribution in [3.05, 3.63) is 54.1 Å². The van der Waals surface area contributed by atoms with Gasteiger partial charge in [0.05, 0.1) is 5.75 Å². The number of benzene rings is 2. The molecule has 0 fully saturated rings. The van der Waals surface area contributed by atoms with Gasteiger partial charge in [0, 0.05) is 16.3 Å². The van der Waals surface area contributed by atoms with Crippen molar-refractivity contribution in [2.75, 3.05) is 16.8 Å². The van der Waals surface area contributed by atoms with Crippen molar-refractivity contribution < 1.29 is 13.6 Å². The van der Waals surface area contributed by atoms with Crippen molar-refractivity contribution in [3.63, 3.8) is 0 Å². The Hall–Kier alpha value is -2.08. The van der Waals surface area contributed by atoms with Crippen LogP contribution in [0, 0.1) is 11.6 Å². The predicted octanol–water partition coefficient (Wildman–Crippen LogP) is 3.28. The Morgan fingerprint density at radius 1 is 1.15 bits per heavy atom. The SMILES string of the molecule is Nc1ccc(F)cc1SCC(=O)Nc1cccc(F)c1. The van der Waals surface area contributed by atoms with Crippen LogP contribution in [0.25, 0.3) is 0 Å². The molecule has 2 aromatic rings. The van der Waals surface area contributed by atoms with Gasteiger partial charge in [-0.25, -0.2) is 8.78 Å². The molecular weight excluding hydrogens is 282 g/mol. The summed E-state index contributed by atoms with van der Waals surface area (Å²) >= 11 is 1.12. The van der Waals surface area contributed by atoms with E-state index in [0.29, 0.717) is 16.3 Å². The van der Waals surface area contributed by atoms with Gasteiger partial charge in [-0.2, -0.15) is 0 Å². The van der Waals surface area contributed by atoms with Gasteiger partial charge in [0.2, 0.25) is 5.91 Å². The third-order valence-corrected chi connectivity index (χ3v) is 3.51. The number of nitrogens with two attached hydrogens (primary N) is 1. The fourth-order valence-electron chi connectivity index (χ4n) is 1.54. The molecule has 0 radical (unpaired) electrons. The summed E-state index contributed by atoms with van der Waals surface area (Å²) in [6, 6.07) is 9.58. The van der Waals surface area contributed by atoms with E-state index >= 15 is 0 Å². The summed E-state index contributed by atoms with van der Waals surface area (Å²) in [5.41, 5.74) is 6.47. The molecule has 0 saturated heterocycles. The highest BCUT2D eigenvalue weighted by molar-refractivity contribution is 8.00. The summed E-state index contributed by atoms with van der Waals surface area (Å²) in [4.78, 5) is 12.2. The van der Waals surface area contributed by atoms with Gasteiger partial charge in [0.25, 0.3) is 0 Å². The molecule has 2 rings (SSSR count). The molecule has 1 amide bonds. The first-order chi connectivity index (χ1) is 9.54. The Bertz CT molecular complexity index is 634. The average molecular weight is 294 g/mol. The van der Waals surface area contributed by atoms with E-state index in [4.69, 9.17) is 5.73 Å². The zero-order valence-corrected chi connectivity index (χ0v) is 11.2. The normalized spacial score (nSPS) is 10.3. The first-order valence-corrected chi connectivity index (χ1v) is 6.76. The van der Waals surface area contributed by atoms with Crippen molar-refractivity contribution in [2.24, 2.45) is 0 Å². The Balaban J connectivity index is 1.94. The highest BCUT2D eigenvalue weighted by Gasteiger charge is 2.07. The zero-order valence-electron chi connectivity index (χ0n) is 10.4. The summed E-state index contributed by atoms with van der Waals surface area (Å²) < 4.78 is 26.0. The van der Waals surface area contributed by atoms with Gasteiger partial charge in [-0.15, -0.1) is 11.8 Å². The monoisotopic (exact) mass is 294 g/mol. The molecule has 0 spiro atoms. The second-order valence-electron chi connectivity index (χ2n) is 4.03. The Morgan fingerprint density at radius 2 is 1.90 bits per heavy atom. The maximum absolute atomic E-state index is 13.1. The quantitative estimate of drug-likeness (QED) is 0.672. The van der Waals surface area contributed by atoms with Gasteiger partial charge in [-0.3, -0.25) is 4.79 Å². The van der Waals surface area contributed by atoms with Crippen molar-refractivity contribution in [2.45, 2.75) is 4.90 Å². The number of rotatable bonds is 4. The summed E-state index contributed by atoms with van der Waals surface area (Å²) in [5.74, 6) is -1.09. The molecule has 20 heavy (non-hydrogen) atoms. The third-order valence-electron chi connectivity index (χ3n) is 2.44. The van der Waals surface area contributed by atoms with E-state index in [-0.39, 0.29) is 11.7 Å². The molecule has 0 heterocycles. The fourth-order valence-corrected chi connectivity index (χ4v) is 2.33. The van der Waals surface area contributed by atoms with E-state index in [1.54, 1.807) is 6.07 Å². The number of hydrogen-bond acceptors (Lipinski definition) is 3. The Kier molecular flexibility index (Phi) is 4.57. The van der Waals surface area contributed by atoms with Crippen LogP contribution in [0.15, 0.2) is 47.4 Å². The number of carbonyl (C=O) groups excluding carboxylic acids is 1. The van der Waals surface area contributed by atoms with Crippen LogP contribution in [-0.2, 0) is 4.79 Å². The highest BCUT2D eigenvalue weighted by atomic mass is 32.2. The lowest BCUT2D eigenvalue weighted by Crippen LogP contribution is -2.14. The molecule has 2 aromatic carbocycles. The van der Waals surface area contributed by atoms with Crippen molar-refractivity contribution in [1.29, 1.82) is 0 Å². The minimum absolute atomic E-state index is 0.0597. The predicted molar refractivity (Wildman–Crippen MR) is 76.6 cm³/mol. The number of carbonyl (C=O) groups is 1. The number of hydrogen-bond donors (Lipinski definition) is 2. The van der Waals surface area contributed by atoms with E-state index < -0.39 is 11.6 Å². The number of nitrogens with one attached hydrogen (secondary N) is 1. The van der Waals surface area contributed by atoms with E-state index in [2.05, 4.69) is 5.32 Å². The van der Waals surface area contributed by atoms with Crippen LogP contribution in [0.1, 0.15) is 0 Å². The van der Waals surface area contributed by atoms with Crippen LogP contribution in [0.4, 0.5) is 20.2 Å². The summed E-state index contributed by atoms with van der Waals surface area (Å²) in [6.45, 7) is 0. The molecule has 0 aliphatic carbocycles. The largest absolute Gasteiger partial charge is 0.398 e. The minimum atomic E-state index is -0.426. The van der Waals surface area contributed by atoms with Gasteiger partial charge < -0.3 is 11.1 Å². The summed E-state index contributed by atoms with van der Waals surface area (Å²) in [5, 5.41) is 2.55. The van der Waals surface area contributed by atoms with E-state index in [1.165, 1.54) is 36.4 Å². The van der Waals surface area contributed by atoms with Crippen LogP contribution < -0.4 is 11.1 Å². The van der Waals surface area contributed by atoms with E-state index in [9.17, 15) is 13.6 Å². The van der Waals surface area contributed by atoms with Crippen molar-refractivity contribution >= 4 is 29.0 Å². The van der Waals surface area contributed by atoms with E-state index in [1.807, 2.05) is 0 Å². The molecule has 104 valence electrons. The average Bonchev–Trinajstić information content (AvgIpc) is 2.40. The van der Waals surface area contributed by atoms with Gasteiger partial charge in [-0.05, 0) is 36.4 Å². The molecule has 0 aliphatic rings. The molecule has 6 heteroatoms. The number of nitrogen functional groups attached to an aromatic ring is 1. The standard InChI is InChI=1S/C14H12F2N2OS/c15-9-2-1-3-11(6-9)18-14(19)8-20-13-7-10(16)4-5-12(13)17/h1-7H,8,17H2,(H,18,19). The molecule has 0 aliphatic heterocycles. The zero-order chi connectivity index (χ0) is 14.5. The minimum Gasteiger partial charge on any atom is -0.398 e.